The second kappa shape index (κ2) is 11.4. The van der Waals surface area contributed by atoms with Crippen LogP contribution in [0.4, 0.5) is 5.13 Å². The highest BCUT2D eigenvalue weighted by molar-refractivity contribution is 7.09. The standard InChI is InChI=1S/C19H31N5O4S/c1-27-12-6-16-21-19(29-22-16)24-9-7-20-17(25)4-8-23(10-11-24)18(26)3-2-15-5-13-28-14-15/h15H,2-14H2,1H3,(H,20,25). The number of methoxy groups -OCH3 is 1. The first-order valence-electron chi connectivity index (χ1n) is 10.3. The third kappa shape index (κ3) is 6.90. The number of hydrogen-bond donors (Lipinski definition) is 1. The van der Waals surface area contributed by atoms with Crippen LogP contribution < -0.4 is 10.2 Å². The van der Waals surface area contributed by atoms with Crippen molar-refractivity contribution in [3.8, 4) is 0 Å². The van der Waals surface area contributed by atoms with Gasteiger partial charge < -0.3 is 24.6 Å². The molecule has 0 spiro atoms. The van der Waals surface area contributed by atoms with Crippen molar-refractivity contribution >= 4 is 28.5 Å². The fourth-order valence-corrected chi connectivity index (χ4v) is 4.29. The van der Waals surface area contributed by atoms with Gasteiger partial charge in [-0.05, 0) is 18.8 Å². The lowest BCUT2D eigenvalue weighted by molar-refractivity contribution is -0.132. The van der Waals surface area contributed by atoms with Gasteiger partial charge in [-0.25, -0.2) is 4.98 Å². The lowest BCUT2D eigenvalue weighted by Gasteiger charge is -2.29. The Morgan fingerprint density at radius 1 is 1.34 bits per heavy atom. The van der Waals surface area contributed by atoms with Gasteiger partial charge in [0.15, 0.2) is 0 Å². The molecule has 0 radical (unpaired) electrons. The van der Waals surface area contributed by atoms with Crippen molar-refractivity contribution in [1.29, 1.82) is 0 Å². The largest absolute Gasteiger partial charge is 0.384 e. The fourth-order valence-electron chi connectivity index (χ4n) is 3.53. The fraction of sp³-hybridized carbons (Fsp3) is 0.789. The molecule has 1 aromatic rings. The molecule has 1 atom stereocenters. The maximum Gasteiger partial charge on any atom is 0.222 e. The second-order valence-corrected chi connectivity index (χ2v) is 8.20. The predicted octanol–water partition coefficient (Wildman–Crippen LogP) is 0.699. The van der Waals surface area contributed by atoms with Crippen molar-refractivity contribution < 1.29 is 19.1 Å². The highest BCUT2D eigenvalue weighted by atomic mass is 32.1. The molecule has 1 aromatic heterocycles. The summed E-state index contributed by atoms with van der Waals surface area (Å²) >= 11 is 1.35. The van der Waals surface area contributed by atoms with Gasteiger partial charge in [-0.15, -0.1) is 0 Å². The van der Waals surface area contributed by atoms with Gasteiger partial charge in [-0.2, -0.15) is 4.37 Å². The van der Waals surface area contributed by atoms with Crippen LogP contribution in [0.5, 0.6) is 0 Å². The lowest BCUT2D eigenvalue weighted by atomic mass is 10.0. The molecule has 0 bridgehead atoms. The van der Waals surface area contributed by atoms with E-state index >= 15 is 0 Å². The highest BCUT2D eigenvalue weighted by Gasteiger charge is 2.22. The number of anilines is 1. The molecular formula is C19H31N5O4S. The molecule has 10 heteroatoms. The summed E-state index contributed by atoms with van der Waals surface area (Å²) in [6.45, 7) is 5.05. The number of nitrogens with zero attached hydrogens (tertiary/aromatic N) is 4. The zero-order chi connectivity index (χ0) is 20.5. The third-order valence-corrected chi connectivity index (χ3v) is 6.17. The van der Waals surface area contributed by atoms with Crippen LogP contribution in [0.25, 0.3) is 0 Å². The summed E-state index contributed by atoms with van der Waals surface area (Å²) in [5.74, 6) is 1.33. The van der Waals surface area contributed by atoms with Gasteiger partial charge in [0.05, 0.1) is 6.61 Å². The Hall–Kier alpha value is -1.78. The van der Waals surface area contributed by atoms with Crippen LogP contribution in [0.15, 0.2) is 0 Å². The van der Waals surface area contributed by atoms with Crippen LogP contribution in [0.3, 0.4) is 0 Å². The van der Waals surface area contributed by atoms with E-state index in [-0.39, 0.29) is 11.8 Å². The van der Waals surface area contributed by atoms with Crippen LogP contribution in [0.2, 0.25) is 0 Å². The van der Waals surface area contributed by atoms with Gasteiger partial charge in [-0.1, -0.05) is 0 Å². The Bertz CT molecular complexity index is 665. The zero-order valence-electron chi connectivity index (χ0n) is 17.1. The van der Waals surface area contributed by atoms with Crippen molar-refractivity contribution in [3.63, 3.8) is 0 Å². The number of amides is 2. The van der Waals surface area contributed by atoms with Gasteiger partial charge >= 0.3 is 0 Å². The first-order chi connectivity index (χ1) is 14.2. The number of nitrogens with one attached hydrogen (secondary N) is 1. The van der Waals surface area contributed by atoms with Crippen LogP contribution >= 0.6 is 11.5 Å². The van der Waals surface area contributed by atoms with E-state index in [2.05, 4.69) is 19.6 Å². The first kappa shape index (κ1) is 21.9. The van der Waals surface area contributed by atoms with Gasteiger partial charge in [0.2, 0.25) is 16.9 Å². The molecule has 1 unspecified atom stereocenters. The predicted molar refractivity (Wildman–Crippen MR) is 110 cm³/mol. The van der Waals surface area contributed by atoms with Crippen LogP contribution in [0, 0.1) is 5.92 Å². The van der Waals surface area contributed by atoms with Gasteiger partial charge in [0, 0.05) is 83.8 Å². The SMILES string of the molecule is COCCc1nsc(N2CCNC(=O)CCN(C(=O)CCC3CCOC3)CC2)n1. The normalized spacial score (nSPS) is 21.3. The molecule has 2 aliphatic rings. The Balaban J connectivity index is 1.59. The van der Waals surface area contributed by atoms with Crippen molar-refractivity contribution in [3.05, 3.63) is 5.82 Å². The molecule has 162 valence electrons. The monoisotopic (exact) mass is 425 g/mol. The van der Waals surface area contributed by atoms with Crippen molar-refractivity contribution in [1.82, 2.24) is 19.6 Å². The Labute approximate surface area is 175 Å². The smallest absolute Gasteiger partial charge is 0.222 e. The van der Waals surface area contributed by atoms with Crippen LogP contribution in [-0.4, -0.2) is 85.7 Å². The molecule has 2 fully saturated rings. The maximum atomic E-state index is 12.8. The van der Waals surface area contributed by atoms with Gasteiger partial charge in [0.25, 0.3) is 0 Å². The molecule has 29 heavy (non-hydrogen) atoms. The van der Waals surface area contributed by atoms with Gasteiger partial charge in [-0.3, -0.25) is 9.59 Å². The second-order valence-electron chi connectivity index (χ2n) is 7.47. The van der Waals surface area contributed by atoms with E-state index in [9.17, 15) is 9.59 Å². The number of ether oxygens (including phenoxy) is 2. The average Bonchev–Trinajstić information content (AvgIpc) is 3.41. The Morgan fingerprint density at radius 2 is 2.24 bits per heavy atom. The molecule has 3 rings (SSSR count). The summed E-state index contributed by atoms with van der Waals surface area (Å²) in [4.78, 5) is 33.4. The van der Waals surface area contributed by atoms with E-state index in [0.717, 1.165) is 37.0 Å². The number of rotatable bonds is 7. The minimum Gasteiger partial charge on any atom is -0.384 e. The minimum atomic E-state index is -0.0214. The quantitative estimate of drug-likeness (QED) is 0.687. The summed E-state index contributed by atoms with van der Waals surface area (Å²) in [6, 6.07) is 0. The summed E-state index contributed by atoms with van der Waals surface area (Å²) in [5, 5.41) is 3.75. The molecule has 0 aliphatic carbocycles. The van der Waals surface area contributed by atoms with E-state index < -0.39 is 0 Å². The first-order valence-corrected chi connectivity index (χ1v) is 11.1. The van der Waals surface area contributed by atoms with Crippen molar-refractivity contribution in [2.45, 2.75) is 32.1 Å². The van der Waals surface area contributed by atoms with Crippen molar-refractivity contribution in [2.75, 3.05) is 64.6 Å². The molecular weight excluding hydrogens is 394 g/mol. The highest BCUT2D eigenvalue weighted by Crippen LogP contribution is 2.20. The van der Waals surface area contributed by atoms with Gasteiger partial charge in [0.1, 0.15) is 5.82 Å². The molecule has 0 saturated carbocycles. The molecule has 2 saturated heterocycles. The van der Waals surface area contributed by atoms with E-state index in [1.807, 2.05) is 4.90 Å². The summed E-state index contributed by atoms with van der Waals surface area (Å²) in [5.41, 5.74) is 0. The number of aromatic nitrogens is 2. The lowest BCUT2D eigenvalue weighted by Crippen LogP contribution is -2.45. The molecule has 3 heterocycles. The third-order valence-electron chi connectivity index (χ3n) is 5.35. The van der Waals surface area contributed by atoms with E-state index in [1.165, 1.54) is 11.5 Å². The average molecular weight is 426 g/mol. The number of carbonyl (C=O) groups excluding carboxylic acids is 2. The van der Waals surface area contributed by atoms with E-state index in [0.29, 0.717) is 64.5 Å². The van der Waals surface area contributed by atoms with Crippen molar-refractivity contribution in [2.24, 2.45) is 5.92 Å². The summed E-state index contributed by atoms with van der Waals surface area (Å²) in [7, 11) is 1.66. The molecule has 9 nitrogen and oxygen atoms in total. The number of carbonyl (C=O) groups is 2. The Morgan fingerprint density at radius 3 is 3.03 bits per heavy atom. The maximum absolute atomic E-state index is 12.8. The molecule has 2 aliphatic heterocycles. The topological polar surface area (TPSA) is 96.9 Å². The summed E-state index contributed by atoms with van der Waals surface area (Å²) in [6.07, 6.45) is 3.41. The number of hydrogen-bond acceptors (Lipinski definition) is 8. The Kier molecular flexibility index (Phi) is 8.63. The van der Waals surface area contributed by atoms with E-state index in [4.69, 9.17) is 9.47 Å². The molecule has 0 aromatic carbocycles. The zero-order valence-corrected chi connectivity index (χ0v) is 17.9. The minimum absolute atomic E-state index is 0.0214. The molecule has 2 amide bonds. The van der Waals surface area contributed by atoms with E-state index in [1.54, 1.807) is 7.11 Å². The molecule has 1 N–H and O–H groups in total. The van der Waals surface area contributed by atoms with Crippen LogP contribution in [-0.2, 0) is 25.5 Å². The van der Waals surface area contributed by atoms with Crippen LogP contribution in [0.1, 0.15) is 31.5 Å². The summed E-state index contributed by atoms with van der Waals surface area (Å²) < 4.78 is 14.9.